The molecule has 4 atom stereocenters. The zero-order chi connectivity index (χ0) is 23.1. The van der Waals surface area contributed by atoms with Crippen LogP contribution >= 0.6 is 0 Å². The highest BCUT2D eigenvalue weighted by Crippen LogP contribution is 2.36. The first kappa shape index (κ1) is 21.5. The molecular formula is C22H26FN5O5. The normalized spacial score (nSPS) is 28.2. The van der Waals surface area contributed by atoms with E-state index in [1.165, 1.54) is 17.9 Å². The minimum Gasteiger partial charge on any atom is -0.442 e. The number of fused-ring (bicyclic) bond motifs is 1. The quantitative estimate of drug-likeness (QED) is 0.704. The molecule has 1 aromatic carbocycles. The van der Waals surface area contributed by atoms with Gasteiger partial charge in [0.05, 0.1) is 24.5 Å². The van der Waals surface area contributed by atoms with Crippen LogP contribution in [0, 0.1) is 17.7 Å². The summed E-state index contributed by atoms with van der Waals surface area (Å²) in [6, 6.07) is 4.74. The van der Waals surface area contributed by atoms with Crippen LogP contribution in [0.1, 0.15) is 13.3 Å². The second-order valence-corrected chi connectivity index (χ2v) is 8.98. The molecule has 4 heterocycles. The van der Waals surface area contributed by atoms with Crippen LogP contribution in [0.15, 0.2) is 23.4 Å². The van der Waals surface area contributed by atoms with Gasteiger partial charge in [-0.05, 0) is 18.2 Å². The minimum absolute atomic E-state index is 0.0294. The highest BCUT2D eigenvalue weighted by Gasteiger charge is 2.44. The van der Waals surface area contributed by atoms with Crippen LogP contribution in [-0.4, -0.2) is 80.5 Å². The number of hydrogen-bond acceptors (Lipinski definition) is 7. The Hall–Kier alpha value is -3.37. The van der Waals surface area contributed by atoms with Gasteiger partial charge < -0.3 is 24.7 Å². The highest BCUT2D eigenvalue weighted by atomic mass is 19.1. The molecule has 3 saturated heterocycles. The van der Waals surface area contributed by atoms with Gasteiger partial charge in [0, 0.05) is 57.6 Å². The number of rotatable bonds is 5. The second-order valence-electron chi connectivity index (χ2n) is 8.98. The fourth-order valence-electron chi connectivity index (χ4n) is 5.03. The summed E-state index contributed by atoms with van der Waals surface area (Å²) in [5, 5.41) is 6.30. The first-order chi connectivity index (χ1) is 15.9. The summed E-state index contributed by atoms with van der Waals surface area (Å²) in [6.07, 6.45) is 0.564. The van der Waals surface area contributed by atoms with Crippen molar-refractivity contribution in [2.45, 2.75) is 25.6 Å². The number of nitrogens with zero attached hydrogens (tertiary/aromatic N) is 4. The van der Waals surface area contributed by atoms with Gasteiger partial charge in [-0.1, -0.05) is 5.16 Å². The lowest BCUT2D eigenvalue weighted by molar-refractivity contribution is -0.141. The van der Waals surface area contributed by atoms with Gasteiger partial charge in [0.2, 0.25) is 12.0 Å². The number of carbonyl (C=O) groups is 3. The van der Waals surface area contributed by atoms with Crippen LogP contribution in [-0.2, 0) is 19.2 Å². The molecular weight excluding hydrogens is 433 g/mol. The van der Waals surface area contributed by atoms with Gasteiger partial charge in [-0.2, -0.15) is 0 Å². The molecule has 4 aliphatic heterocycles. The summed E-state index contributed by atoms with van der Waals surface area (Å²) in [4.78, 5) is 46.2. The number of amides is 3. The first-order valence-electron chi connectivity index (χ1n) is 11.1. The molecule has 3 amide bonds. The molecule has 0 radical (unpaired) electrons. The molecule has 5 rings (SSSR count). The van der Waals surface area contributed by atoms with Crippen molar-refractivity contribution in [3.63, 3.8) is 0 Å². The van der Waals surface area contributed by atoms with Crippen molar-refractivity contribution in [3.8, 4) is 0 Å². The average molecular weight is 459 g/mol. The van der Waals surface area contributed by atoms with E-state index in [0.29, 0.717) is 44.0 Å². The maximum absolute atomic E-state index is 15.0. The molecule has 0 bridgehead atoms. The van der Waals surface area contributed by atoms with Crippen LogP contribution in [0.4, 0.5) is 20.6 Å². The summed E-state index contributed by atoms with van der Waals surface area (Å²) in [7, 11) is 0. The van der Waals surface area contributed by atoms with E-state index in [0.717, 1.165) is 0 Å². The van der Waals surface area contributed by atoms with Gasteiger partial charge in [0.15, 0.2) is 0 Å². The van der Waals surface area contributed by atoms with Crippen molar-refractivity contribution >= 4 is 35.5 Å². The number of nitrogens with one attached hydrogen (secondary N) is 1. The van der Waals surface area contributed by atoms with E-state index in [-0.39, 0.29) is 36.7 Å². The molecule has 1 N–H and O–H groups in total. The summed E-state index contributed by atoms with van der Waals surface area (Å²) >= 11 is 0. The number of halogens is 1. The zero-order valence-electron chi connectivity index (χ0n) is 18.3. The van der Waals surface area contributed by atoms with E-state index in [9.17, 15) is 14.4 Å². The van der Waals surface area contributed by atoms with Crippen LogP contribution in [0.5, 0.6) is 0 Å². The Morgan fingerprint density at radius 3 is 2.58 bits per heavy atom. The Bertz CT molecular complexity index is 981. The zero-order valence-corrected chi connectivity index (χ0v) is 18.3. The van der Waals surface area contributed by atoms with Crippen molar-refractivity contribution in [3.05, 3.63) is 24.0 Å². The molecule has 0 saturated carbocycles. The monoisotopic (exact) mass is 459 g/mol. The van der Waals surface area contributed by atoms with E-state index in [1.54, 1.807) is 18.3 Å². The molecule has 176 valence electrons. The minimum atomic E-state index is -0.561. The SMILES string of the molecule is CC(=O)NCC1CN(c2ccc(N3C[C@H]4CN(C(=O)[C@@H]5CC=NO5)C[C@H]4C3)c(F)c2)C(=O)O1. The Labute approximate surface area is 190 Å². The van der Waals surface area contributed by atoms with Gasteiger partial charge >= 0.3 is 6.09 Å². The standard InChI is InChI=1S/C22H26FN5O5/c1-13(29)24-7-17-12-28(22(31)32-17)16-2-3-19(18(23)6-16)26-8-14-10-27(11-15(14)9-26)21(30)20-4-5-25-33-20/h2-3,5-6,14-15,17,20H,4,7-12H2,1H3,(H,24,29)/t14-,15+,17?,20-/m0/s1. The maximum atomic E-state index is 15.0. The van der Waals surface area contributed by atoms with Crippen LogP contribution in [0.25, 0.3) is 0 Å². The van der Waals surface area contributed by atoms with Crippen molar-refractivity contribution < 1.29 is 28.3 Å². The van der Waals surface area contributed by atoms with E-state index in [1.807, 2.05) is 9.80 Å². The summed E-state index contributed by atoms with van der Waals surface area (Å²) in [5.74, 6) is -0.0890. The number of cyclic esters (lactones) is 1. The summed E-state index contributed by atoms with van der Waals surface area (Å²) < 4.78 is 20.3. The van der Waals surface area contributed by atoms with Crippen LogP contribution in [0.3, 0.4) is 0 Å². The van der Waals surface area contributed by atoms with E-state index < -0.39 is 24.1 Å². The fraction of sp³-hybridized carbons (Fsp3) is 0.545. The first-order valence-corrected chi connectivity index (χ1v) is 11.1. The molecule has 3 fully saturated rings. The van der Waals surface area contributed by atoms with Gasteiger partial charge in [-0.25, -0.2) is 9.18 Å². The number of anilines is 2. The van der Waals surface area contributed by atoms with Crippen molar-refractivity contribution in [2.24, 2.45) is 17.0 Å². The fourth-order valence-corrected chi connectivity index (χ4v) is 5.03. The molecule has 0 aromatic heterocycles. The second kappa shape index (κ2) is 8.53. The van der Waals surface area contributed by atoms with E-state index in [2.05, 4.69) is 10.5 Å². The van der Waals surface area contributed by atoms with Gasteiger partial charge in [0.25, 0.3) is 5.91 Å². The molecule has 10 nitrogen and oxygen atoms in total. The molecule has 4 aliphatic rings. The number of benzene rings is 1. The van der Waals surface area contributed by atoms with Crippen molar-refractivity contribution in [1.29, 1.82) is 0 Å². The van der Waals surface area contributed by atoms with Gasteiger partial charge in [-0.15, -0.1) is 0 Å². The molecule has 1 unspecified atom stereocenters. The predicted molar refractivity (Wildman–Crippen MR) is 116 cm³/mol. The Balaban J connectivity index is 1.19. The number of oxime groups is 1. The molecule has 33 heavy (non-hydrogen) atoms. The van der Waals surface area contributed by atoms with Crippen molar-refractivity contribution in [2.75, 3.05) is 49.1 Å². The third-order valence-corrected chi connectivity index (χ3v) is 6.69. The van der Waals surface area contributed by atoms with Gasteiger partial charge in [-0.3, -0.25) is 14.5 Å². The average Bonchev–Trinajstić information content (AvgIpc) is 3.55. The largest absolute Gasteiger partial charge is 0.442 e. The molecule has 0 aliphatic carbocycles. The lowest BCUT2D eigenvalue weighted by Gasteiger charge is -2.25. The Morgan fingerprint density at radius 2 is 1.94 bits per heavy atom. The smallest absolute Gasteiger partial charge is 0.414 e. The number of hydrogen-bond donors (Lipinski definition) is 1. The van der Waals surface area contributed by atoms with E-state index >= 15 is 4.39 Å². The molecule has 1 aromatic rings. The third-order valence-electron chi connectivity index (χ3n) is 6.69. The number of likely N-dealkylation sites (tertiary alicyclic amines) is 1. The highest BCUT2D eigenvalue weighted by molar-refractivity contribution is 5.90. The number of ether oxygens (including phenoxy) is 1. The molecule has 11 heteroatoms. The van der Waals surface area contributed by atoms with Crippen LogP contribution in [0.2, 0.25) is 0 Å². The summed E-state index contributed by atoms with van der Waals surface area (Å²) in [5.41, 5.74) is 0.905. The lowest BCUT2D eigenvalue weighted by atomic mass is 10.0. The summed E-state index contributed by atoms with van der Waals surface area (Å²) in [6.45, 7) is 4.45. The van der Waals surface area contributed by atoms with Crippen LogP contribution < -0.4 is 15.1 Å². The van der Waals surface area contributed by atoms with Crippen molar-refractivity contribution in [1.82, 2.24) is 10.2 Å². The third kappa shape index (κ3) is 4.19. The Kier molecular flexibility index (Phi) is 5.55. The topological polar surface area (TPSA) is 104 Å². The molecule has 0 spiro atoms. The Morgan fingerprint density at radius 1 is 1.18 bits per heavy atom. The predicted octanol–water partition coefficient (Wildman–Crippen LogP) is 0.956. The van der Waals surface area contributed by atoms with E-state index in [4.69, 9.17) is 9.57 Å². The maximum Gasteiger partial charge on any atom is 0.414 e. The number of carbonyl (C=O) groups excluding carboxylic acids is 3. The van der Waals surface area contributed by atoms with Gasteiger partial charge in [0.1, 0.15) is 11.9 Å². The lowest BCUT2D eigenvalue weighted by Crippen LogP contribution is -2.39.